The number of carbonyl (C=O) groups excluding carboxylic acids is 1. The first-order chi connectivity index (χ1) is 10.4. The third-order valence-electron chi connectivity index (χ3n) is 3.49. The van der Waals surface area contributed by atoms with Crippen molar-refractivity contribution in [2.24, 2.45) is 0 Å². The summed E-state index contributed by atoms with van der Waals surface area (Å²) in [7, 11) is 1.82. The Labute approximate surface area is 126 Å². The monoisotopic (exact) mass is 317 g/mol. The Bertz CT molecular complexity index is 522. The molecule has 0 spiro atoms. The van der Waals surface area contributed by atoms with Gasteiger partial charge in [-0.3, -0.25) is 4.79 Å². The number of carbonyl (C=O) groups is 1. The van der Waals surface area contributed by atoms with Crippen molar-refractivity contribution >= 4 is 5.91 Å². The molecule has 1 N–H and O–H groups in total. The van der Waals surface area contributed by atoms with E-state index in [0.29, 0.717) is 13.1 Å². The summed E-state index contributed by atoms with van der Waals surface area (Å²) in [5, 5.41) is 3.11. The highest BCUT2D eigenvalue weighted by Gasteiger charge is 2.31. The van der Waals surface area contributed by atoms with Gasteiger partial charge in [0.15, 0.2) is 6.61 Å². The SMILES string of the molecule is CNC1CCCN(C(=O)c2cccnc2OCC(F)(F)F)C1. The summed E-state index contributed by atoms with van der Waals surface area (Å²) in [6.07, 6.45) is -1.36. The lowest BCUT2D eigenvalue weighted by atomic mass is 10.0. The summed E-state index contributed by atoms with van der Waals surface area (Å²) in [6.45, 7) is -0.378. The van der Waals surface area contributed by atoms with Crippen LogP contribution in [0.4, 0.5) is 13.2 Å². The highest BCUT2D eigenvalue weighted by molar-refractivity contribution is 5.96. The van der Waals surface area contributed by atoms with E-state index in [4.69, 9.17) is 0 Å². The van der Waals surface area contributed by atoms with E-state index in [9.17, 15) is 18.0 Å². The van der Waals surface area contributed by atoms with Gasteiger partial charge in [-0.05, 0) is 32.0 Å². The summed E-state index contributed by atoms with van der Waals surface area (Å²) in [4.78, 5) is 17.9. The molecule has 1 aliphatic heterocycles. The van der Waals surface area contributed by atoms with Gasteiger partial charge in [0.25, 0.3) is 5.91 Å². The molecule has 1 amide bonds. The van der Waals surface area contributed by atoms with Crippen LogP contribution >= 0.6 is 0 Å². The van der Waals surface area contributed by atoms with Gasteiger partial charge < -0.3 is 15.0 Å². The molecule has 1 aliphatic rings. The molecule has 1 unspecified atom stereocenters. The van der Waals surface area contributed by atoms with Crippen molar-refractivity contribution in [3.05, 3.63) is 23.9 Å². The number of ether oxygens (including phenoxy) is 1. The fourth-order valence-electron chi connectivity index (χ4n) is 2.39. The highest BCUT2D eigenvalue weighted by atomic mass is 19.4. The van der Waals surface area contributed by atoms with Gasteiger partial charge in [-0.1, -0.05) is 0 Å². The Morgan fingerprint density at radius 2 is 2.32 bits per heavy atom. The molecule has 1 aromatic rings. The third-order valence-corrected chi connectivity index (χ3v) is 3.49. The number of hydrogen-bond acceptors (Lipinski definition) is 4. The van der Waals surface area contributed by atoms with Crippen molar-refractivity contribution in [2.75, 3.05) is 26.7 Å². The minimum Gasteiger partial charge on any atom is -0.467 e. The summed E-state index contributed by atoms with van der Waals surface area (Å²) in [5.41, 5.74) is 0.0588. The fourth-order valence-corrected chi connectivity index (χ4v) is 2.39. The molecule has 1 atom stereocenters. The number of amides is 1. The van der Waals surface area contributed by atoms with Gasteiger partial charge in [0.05, 0.1) is 0 Å². The summed E-state index contributed by atoms with van der Waals surface area (Å²) >= 11 is 0. The number of pyridine rings is 1. The van der Waals surface area contributed by atoms with Crippen LogP contribution in [0.3, 0.4) is 0 Å². The average Bonchev–Trinajstić information content (AvgIpc) is 2.52. The van der Waals surface area contributed by atoms with Crippen LogP contribution in [-0.2, 0) is 0 Å². The molecule has 0 radical (unpaired) electrons. The van der Waals surface area contributed by atoms with Gasteiger partial charge in [-0.25, -0.2) is 4.98 Å². The molecule has 1 aromatic heterocycles. The Kier molecular flexibility index (Phi) is 5.23. The molecular formula is C14H18F3N3O2. The quantitative estimate of drug-likeness (QED) is 0.921. The van der Waals surface area contributed by atoms with Crippen LogP contribution < -0.4 is 10.1 Å². The number of nitrogens with one attached hydrogen (secondary N) is 1. The number of aromatic nitrogens is 1. The normalized spacial score (nSPS) is 19.1. The molecule has 2 rings (SSSR count). The average molecular weight is 317 g/mol. The lowest BCUT2D eigenvalue weighted by molar-refractivity contribution is -0.154. The second-order valence-corrected chi connectivity index (χ2v) is 5.14. The number of alkyl halides is 3. The zero-order chi connectivity index (χ0) is 16.2. The van der Waals surface area contributed by atoms with Gasteiger partial charge in [-0.2, -0.15) is 13.2 Å². The molecule has 2 heterocycles. The van der Waals surface area contributed by atoms with Crippen molar-refractivity contribution < 1.29 is 22.7 Å². The molecule has 1 fully saturated rings. The number of likely N-dealkylation sites (N-methyl/N-ethyl adjacent to an activating group) is 1. The second-order valence-electron chi connectivity index (χ2n) is 5.14. The zero-order valence-electron chi connectivity index (χ0n) is 12.2. The summed E-state index contributed by atoms with van der Waals surface area (Å²) in [5.74, 6) is -0.637. The molecule has 0 bridgehead atoms. The van der Waals surface area contributed by atoms with Gasteiger partial charge in [0, 0.05) is 25.3 Å². The lowest BCUT2D eigenvalue weighted by Gasteiger charge is -2.32. The van der Waals surface area contributed by atoms with E-state index < -0.39 is 12.8 Å². The van der Waals surface area contributed by atoms with E-state index in [0.717, 1.165) is 12.8 Å². The minimum absolute atomic E-state index is 0.0588. The van der Waals surface area contributed by atoms with Crippen molar-refractivity contribution in [1.29, 1.82) is 0 Å². The predicted octanol–water partition coefficient (Wildman–Crippen LogP) is 1.85. The molecule has 8 heteroatoms. The van der Waals surface area contributed by atoms with Crippen LogP contribution in [0.5, 0.6) is 5.88 Å². The molecule has 1 saturated heterocycles. The summed E-state index contributed by atoms with van der Waals surface area (Å²) in [6, 6.07) is 3.13. The van der Waals surface area contributed by atoms with Crippen LogP contribution in [0.15, 0.2) is 18.3 Å². The first-order valence-corrected chi connectivity index (χ1v) is 7.02. The van der Waals surface area contributed by atoms with Gasteiger partial charge in [0.2, 0.25) is 5.88 Å². The van der Waals surface area contributed by atoms with Crippen molar-refractivity contribution in [3.63, 3.8) is 0 Å². The first kappa shape index (κ1) is 16.5. The van der Waals surface area contributed by atoms with Crippen LogP contribution in [0.25, 0.3) is 0 Å². The third kappa shape index (κ3) is 4.33. The van der Waals surface area contributed by atoms with Crippen molar-refractivity contribution in [2.45, 2.75) is 25.1 Å². The Balaban J connectivity index is 2.12. The van der Waals surface area contributed by atoms with Gasteiger partial charge >= 0.3 is 6.18 Å². The molecule has 0 aliphatic carbocycles. The Morgan fingerprint density at radius 1 is 1.55 bits per heavy atom. The molecule has 5 nitrogen and oxygen atoms in total. The van der Waals surface area contributed by atoms with E-state index in [1.54, 1.807) is 4.90 Å². The highest BCUT2D eigenvalue weighted by Crippen LogP contribution is 2.22. The maximum absolute atomic E-state index is 12.5. The minimum atomic E-state index is -4.47. The maximum Gasteiger partial charge on any atom is 0.422 e. The largest absolute Gasteiger partial charge is 0.467 e. The predicted molar refractivity (Wildman–Crippen MR) is 73.8 cm³/mol. The number of likely N-dealkylation sites (tertiary alicyclic amines) is 1. The smallest absolute Gasteiger partial charge is 0.422 e. The van der Waals surface area contributed by atoms with Crippen molar-refractivity contribution in [1.82, 2.24) is 15.2 Å². The van der Waals surface area contributed by atoms with Gasteiger partial charge in [-0.15, -0.1) is 0 Å². The number of piperidine rings is 1. The van der Waals surface area contributed by atoms with Crippen LogP contribution in [0, 0.1) is 0 Å². The molecule has 22 heavy (non-hydrogen) atoms. The maximum atomic E-state index is 12.5. The molecule has 122 valence electrons. The number of nitrogens with zero attached hydrogens (tertiary/aromatic N) is 2. The molecular weight excluding hydrogens is 299 g/mol. The van der Waals surface area contributed by atoms with Gasteiger partial charge in [0.1, 0.15) is 5.56 Å². The van der Waals surface area contributed by atoms with Crippen LogP contribution in [0.1, 0.15) is 23.2 Å². The first-order valence-electron chi connectivity index (χ1n) is 7.02. The second kappa shape index (κ2) is 6.95. The molecule has 0 saturated carbocycles. The Hall–Kier alpha value is -1.83. The van der Waals surface area contributed by atoms with E-state index in [1.807, 2.05) is 7.05 Å². The van der Waals surface area contributed by atoms with E-state index in [1.165, 1.54) is 18.3 Å². The van der Waals surface area contributed by atoms with Crippen molar-refractivity contribution in [3.8, 4) is 5.88 Å². The number of rotatable bonds is 4. The topological polar surface area (TPSA) is 54.5 Å². The summed E-state index contributed by atoms with van der Waals surface area (Å²) < 4.78 is 41.5. The standard InChI is InChI=1S/C14H18F3N3O2/c1-18-10-4-3-7-20(8-10)13(21)11-5-2-6-19-12(11)22-9-14(15,16)17/h2,5-6,10,18H,3-4,7-9H2,1H3. The van der Waals surface area contributed by atoms with E-state index in [-0.39, 0.29) is 23.4 Å². The number of hydrogen-bond donors (Lipinski definition) is 1. The lowest BCUT2D eigenvalue weighted by Crippen LogP contribution is -2.47. The zero-order valence-corrected chi connectivity index (χ0v) is 12.2. The van der Waals surface area contributed by atoms with E-state index in [2.05, 4.69) is 15.0 Å². The van der Waals surface area contributed by atoms with Crippen LogP contribution in [-0.4, -0.2) is 54.8 Å². The Morgan fingerprint density at radius 3 is 3.00 bits per heavy atom. The number of halogens is 3. The van der Waals surface area contributed by atoms with E-state index >= 15 is 0 Å². The fraction of sp³-hybridized carbons (Fsp3) is 0.571. The molecule has 0 aromatic carbocycles. The van der Waals surface area contributed by atoms with Crippen LogP contribution in [0.2, 0.25) is 0 Å².